The SMILES string of the molecule is COCC(C)(C)c1c(-c2ccc(C(=O)N[C@@H]3C(=O)N[C@H]3C)cc2)c2cc3[nH]ncc3cc2n1-c1ccc(F)cc1. The lowest BCUT2D eigenvalue weighted by atomic mass is 9.84. The number of ether oxygens (including phenoxy) is 1. The van der Waals surface area contributed by atoms with E-state index in [0.29, 0.717) is 12.2 Å². The van der Waals surface area contributed by atoms with E-state index in [1.165, 1.54) is 12.1 Å². The maximum absolute atomic E-state index is 14.0. The van der Waals surface area contributed by atoms with E-state index in [1.54, 1.807) is 37.6 Å². The highest BCUT2D eigenvalue weighted by Crippen LogP contribution is 2.44. The molecule has 3 heterocycles. The van der Waals surface area contributed by atoms with E-state index >= 15 is 0 Å². The second-order valence-corrected chi connectivity index (χ2v) is 11.0. The summed E-state index contributed by atoms with van der Waals surface area (Å²) in [5.41, 5.74) is 5.56. The number of hydrogen-bond acceptors (Lipinski definition) is 4. The van der Waals surface area contributed by atoms with Crippen LogP contribution in [0.5, 0.6) is 0 Å². The smallest absolute Gasteiger partial charge is 0.251 e. The van der Waals surface area contributed by atoms with Gasteiger partial charge >= 0.3 is 0 Å². The average molecular weight is 540 g/mol. The number of carbonyl (C=O) groups is 2. The Kier molecular flexibility index (Phi) is 6.18. The molecule has 40 heavy (non-hydrogen) atoms. The third-order valence-corrected chi connectivity index (χ3v) is 7.63. The fourth-order valence-corrected chi connectivity index (χ4v) is 5.68. The molecule has 0 bridgehead atoms. The first kappa shape index (κ1) is 25.8. The molecule has 1 saturated heterocycles. The molecule has 9 heteroatoms. The van der Waals surface area contributed by atoms with Crippen LogP contribution in [0, 0.1) is 5.82 Å². The Morgan fingerprint density at radius 2 is 1.85 bits per heavy atom. The maximum atomic E-state index is 14.0. The number of β-lactam (4-membered cyclic amide) rings is 1. The van der Waals surface area contributed by atoms with Crippen molar-refractivity contribution >= 4 is 33.6 Å². The van der Waals surface area contributed by atoms with E-state index in [-0.39, 0.29) is 23.7 Å². The normalized spacial score (nSPS) is 17.2. The van der Waals surface area contributed by atoms with Crippen LogP contribution >= 0.6 is 0 Å². The number of aromatic nitrogens is 3. The summed E-state index contributed by atoms with van der Waals surface area (Å²) in [6.45, 7) is 6.54. The predicted octanol–water partition coefficient (Wildman–Crippen LogP) is 4.85. The van der Waals surface area contributed by atoms with Crippen LogP contribution in [-0.2, 0) is 14.9 Å². The molecule has 8 nitrogen and oxygen atoms in total. The van der Waals surface area contributed by atoms with Crippen molar-refractivity contribution in [2.75, 3.05) is 13.7 Å². The number of rotatable bonds is 7. The Balaban J connectivity index is 1.55. The highest BCUT2D eigenvalue weighted by atomic mass is 19.1. The Hall–Kier alpha value is -4.50. The number of halogens is 1. The number of methoxy groups -OCH3 is 1. The predicted molar refractivity (Wildman–Crippen MR) is 152 cm³/mol. The molecule has 1 aliphatic heterocycles. The number of aromatic amines is 1. The van der Waals surface area contributed by atoms with Crippen LogP contribution in [0.3, 0.4) is 0 Å². The highest BCUT2D eigenvalue weighted by molar-refractivity contribution is 6.06. The first-order chi connectivity index (χ1) is 19.2. The molecule has 2 amide bonds. The summed E-state index contributed by atoms with van der Waals surface area (Å²) in [6.07, 6.45) is 1.78. The molecular formula is C31H30FN5O3. The molecule has 3 aromatic carbocycles. The molecule has 5 aromatic rings. The van der Waals surface area contributed by atoms with Crippen LogP contribution in [0.4, 0.5) is 4.39 Å². The average Bonchev–Trinajstić information content (AvgIpc) is 3.53. The molecule has 2 atom stereocenters. The first-order valence-electron chi connectivity index (χ1n) is 13.2. The van der Waals surface area contributed by atoms with Crippen molar-refractivity contribution in [2.24, 2.45) is 0 Å². The number of hydrogen-bond donors (Lipinski definition) is 3. The number of H-pyrrole nitrogens is 1. The van der Waals surface area contributed by atoms with Gasteiger partial charge in [-0.15, -0.1) is 0 Å². The molecule has 6 rings (SSSR count). The van der Waals surface area contributed by atoms with Crippen molar-refractivity contribution in [3.63, 3.8) is 0 Å². The Bertz CT molecular complexity index is 1750. The van der Waals surface area contributed by atoms with Gasteiger partial charge in [0.25, 0.3) is 5.91 Å². The fourth-order valence-electron chi connectivity index (χ4n) is 5.68. The van der Waals surface area contributed by atoms with E-state index in [2.05, 4.69) is 51.4 Å². The Labute approximate surface area is 230 Å². The van der Waals surface area contributed by atoms with Crippen LogP contribution in [0.15, 0.2) is 66.9 Å². The first-order valence-corrected chi connectivity index (χ1v) is 13.2. The Morgan fingerprint density at radius 1 is 1.12 bits per heavy atom. The zero-order chi connectivity index (χ0) is 28.2. The molecule has 0 saturated carbocycles. The summed E-state index contributed by atoms with van der Waals surface area (Å²) in [5, 5.41) is 14.8. The van der Waals surface area contributed by atoms with E-state index in [1.807, 2.05) is 19.1 Å². The van der Waals surface area contributed by atoms with Gasteiger partial charge in [0.05, 0.1) is 29.9 Å². The number of benzene rings is 3. The molecule has 204 valence electrons. The van der Waals surface area contributed by atoms with Gasteiger partial charge in [-0.25, -0.2) is 4.39 Å². The maximum Gasteiger partial charge on any atom is 0.251 e. The van der Waals surface area contributed by atoms with Gasteiger partial charge in [0.1, 0.15) is 11.9 Å². The molecule has 0 spiro atoms. The third-order valence-electron chi connectivity index (χ3n) is 7.63. The zero-order valence-corrected chi connectivity index (χ0v) is 22.7. The molecule has 1 aliphatic rings. The fraction of sp³-hybridized carbons (Fsp3) is 0.258. The number of nitrogens with zero attached hydrogens (tertiary/aromatic N) is 2. The lowest BCUT2D eigenvalue weighted by molar-refractivity contribution is -0.130. The topological polar surface area (TPSA) is 101 Å². The minimum atomic E-state index is -0.529. The zero-order valence-electron chi connectivity index (χ0n) is 22.7. The number of fused-ring (bicyclic) bond motifs is 2. The summed E-state index contributed by atoms with van der Waals surface area (Å²) >= 11 is 0. The summed E-state index contributed by atoms with van der Waals surface area (Å²) in [7, 11) is 1.68. The minimum Gasteiger partial charge on any atom is -0.384 e. The molecule has 0 radical (unpaired) electrons. The third kappa shape index (κ3) is 4.23. The van der Waals surface area contributed by atoms with Gasteiger partial charge in [-0.1, -0.05) is 26.0 Å². The van der Waals surface area contributed by atoms with Gasteiger partial charge in [-0.2, -0.15) is 5.10 Å². The van der Waals surface area contributed by atoms with Crippen LogP contribution in [0.1, 0.15) is 36.8 Å². The summed E-state index contributed by atoms with van der Waals surface area (Å²) < 4.78 is 21.8. The molecule has 1 fully saturated rings. The van der Waals surface area contributed by atoms with Crippen molar-refractivity contribution in [3.8, 4) is 16.8 Å². The number of amides is 2. The van der Waals surface area contributed by atoms with Crippen LogP contribution in [-0.4, -0.2) is 52.4 Å². The van der Waals surface area contributed by atoms with E-state index in [9.17, 15) is 14.0 Å². The standard InChI is InChI=1S/C31H30FN5O3/c1-17-27(30(39)34-17)35-29(38)19-7-5-18(6-8-19)26-23-14-24-20(15-33-36-24)13-25(23)37(22-11-9-21(32)10-12-22)28(26)31(2,3)16-40-4/h5-15,17,27H,16H2,1-4H3,(H,33,36)(H,34,39)(H,35,38)/t17-,27-/m0/s1. The summed E-state index contributed by atoms with van der Waals surface area (Å²) in [6, 6.07) is 17.4. The quantitative estimate of drug-likeness (QED) is 0.257. The van der Waals surface area contributed by atoms with Gasteiger partial charge in [0.2, 0.25) is 5.91 Å². The van der Waals surface area contributed by atoms with Crippen molar-refractivity contribution in [1.29, 1.82) is 0 Å². The second-order valence-electron chi connectivity index (χ2n) is 11.0. The Morgan fingerprint density at radius 3 is 2.50 bits per heavy atom. The molecule has 2 aromatic heterocycles. The van der Waals surface area contributed by atoms with Crippen molar-refractivity contribution in [2.45, 2.75) is 38.3 Å². The number of nitrogens with one attached hydrogen (secondary N) is 3. The van der Waals surface area contributed by atoms with Gasteiger partial charge < -0.3 is 19.9 Å². The van der Waals surface area contributed by atoms with E-state index in [0.717, 1.165) is 44.3 Å². The van der Waals surface area contributed by atoms with Crippen LogP contribution in [0.2, 0.25) is 0 Å². The summed E-state index contributed by atoms with van der Waals surface area (Å²) in [5.74, 6) is -0.787. The van der Waals surface area contributed by atoms with Crippen LogP contribution in [0.25, 0.3) is 38.6 Å². The van der Waals surface area contributed by atoms with Gasteiger partial charge in [0.15, 0.2) is 0 Å². The molecule has 0 aliphatic carbocycles. The monoisotopic (exact) mass is 539 g/mol. The van der Waals surface area contributed by atoms with E-state index in [4.69, 9.17) is 4.74 Å². The lowest BCUT2D eigenvalue weighted by Crippen LogP contribution is -2.67. The second kappa shape index (κ2) is 9.60. The largest absolute Gasteiger partial charge is 0.384 e. The molecule has 3 N–H and O–H groups in total. The van der Waals surface area contributed by atoms with Gasteiger partial charge in [-0.05, 0) is 61.0 Å². The number of carbonyl (C=O) groups excluding carboxylic acids is 2. The van der Waals surface area contributed by atoms with Crippen molar-refractivity contribution in [1.82, 2.24) is 25.4 Å². The van der Waals surface area contributed by atoms with E-state index < -0.39 is 11.5 Å². The minimum absolute atomic E-state index is 0.0989. The summed E-state index contributed by atoms with van der Waals surface area (Å²) in [4.78, 5) is 24.7. The molecular weight excluding hydrogens is 509 g/mol. The lowest BCUT2D eigenvalue weighted by Gasteiger charge is -2.34. The van der Waals surface area contributed by atoms with Crippen molar-refractivity contribution < 1.29 is 18.7 Å². The molecule has 0 unspecified atom stereocenters. The van der Waals surface area contributed by atoms with Crippen molar-refractivity contribution in [3.05, 3.63) is 83.9 Å². The van der Waals surface area contributed by atoms with Gasteiger partial charge in [-0.3, -0.25) is 14.7 Å². The van der Waals surface area contributed by atoms with Crippen LogP contribution < -0.4 is 10.6 Å². The highest BCUT2D eigenvalue weighted by Gasteiger charge is 2.37. The van der Waals surface area contributed by atoms with Gasteiger partial charge in [0, 0.05) is 45.8 Å².